The quantitative estimate of drug-likeness (QED) is 0.503. The molecule has 1 heterocycles. The fourth-order valence-electron chi connectivity index (χ4n) is 1.80. The smallest absolute Gasteiger partial charge is 0.276 e. The van der Waals surface area contributed by atoms with Crippen molar-refractivity contribution in [3.8, 4) is 0 Å². The molecule has 0 aromatic heterocycles. The van der Waals surface area contributed by atoms with Gasteiger partial charge in [0.05, 0.1) is 10.6 Å². The van der Waals surface area contributed by atoms with Crippen molar-refractivity contribution in [2.24, 2.45) is 5.41 Å². The van der Waals surface area contributed by atoms with E-state index in [1.54, 1.807) is 0 Å². The normalized spacial score (nSPS) is 17.7. The van der Waals surface area contributed by atoms with E-state index in [9.17, 15) is 28.9 Å². The SMILES string of the molecule is CC1(C)C(=O)NC(=O)N(c2ccc([N+](=O)[O-])c(F)c2)C1=O. The summed E-state index contributed by atoms with van der Waals surface area (Å²) < 4.78 is 13.6. The molecule has 0 atom stereocenters. The van der Waals surface area contributed by atoms with Crippen LogP contribution in [0.1, 0.15) is 13.8 Å². The van der Waals surface area contributed by atoms with Crippen LogP contribution in [0.3, 0.4) is 0 Å². The van der Waals surface area contributed by atoms with Crippen molar-refractivity contribution in [2.45, 2.75) is 13.8 Å². The van der Waals surface area contributed by atoms with Crippen molar-refractivity contribution in [1.29, 1.82) is 0 Å². The van der Waals surface area contributed by atoms with Gasteiger partial charge in [-0.1, -0.05) is 0 Å². The van der Waals surface area contributed by atoms with Gasteiger partial charge in [0, 0.05) is 12.1 Å². The minimum atomic E-state index is -1.51. The maximum Gasteiger partial charge on any atom is 0.335 e. The molecule has 1 aliphatic heterocycles. The molecule has 21 heavy (non-hydrogen) atoms. The Kier molecular flexibility index (Phi) is 3.20. The zero-order valence-electron chi connectivity index (χ0n) is 11.0. The van der Waals surface area contributed by atoms with Gasteiger partial charge in [-0.15, -0.1) is 0 Å². The Hall–Kier alpha value is -2.84. The highest BCUT2D eigenvalue weighted by atomic mass is 19.1. The molecule has 110 valence electrons. The first-order valence-electron chi connectivity index (χ1n) is 5.80. The van der Waals surface area contributed by atoms with Gasteiger partial charge < -0.3 is 0 Å². The lowest BCUT2D eigenvalue weighted by Gasteiger charge is -2.34. The standard InChI is InChI=1S/C12H10FN3O5/c1-12(2)9(17)14-11(19)15(10(12)18)6-3-4-8(16(20)21)7(13)5-6/h3-5H,1-2H3,(H,14,17,19). The summed E-state index contributed by atoms with van der Waals surface area (Å²) in [6, 6.07) is 1.57. The molecule has 1 aliphatic rings. The van der Waals surface area contributed by atoms with Gasteiger partial charge in [0.15, 0.2) is 0 Å². The van der Waals surface area contributed by atoms with E-state index in [1.165, 1.54) is 13.8 Å². The Morgan fingerprint density at radius 3 is 2.43 bits per heavy atom. The Labute approximate surface area is 117 Å². The summed E-state index contributed by atoms with van der Waals surface area (Å²) in [6.07, 6.45) is 0. The lowest BCUT2D eigenvalue weighted by atomic mass is 9.88. The fraction of sp³-hybridized carbons (Fsp3) is 0.250. The molecule has 1 saturated heterocycles. The number of imide groups is 2. The summed E-state index contributed by atoms with van der Waals surface area (Å²) in [4.78, 5) is 45.7. The van der Waals surface area contributed by atoms with E-state index < -0.39 is 39.7 Å². The number of benzene rings is 1. The lowest BCUT2D eigenvalue weighted by Crippen LogP contribution is -2.62. The molecule has 0 bridgehead atoms. The highest BCUT2D eigenvalue weighted by Crippen LogP contribution is 2.30. The molecule has 0 aliphatic carbocycles. The van der Waals surface area contributed by atoms with Gasteiger partial charge >= 0.3 is 11.7 Å². The number of barbiturate groups is 1. The van der Waals surface area contributed by atoms with E-state index in [2.05, 4.69) is 0 Å². The molecule has 1 N–H and O–H groups in total. The molecule has 9 heteroatoms. The van der Waals surface area contributed by atoms with Gasteiger partial charge in [-0.2, -0.15) is 4.39 Å². The summed E-state index contributed by atoms with van der Waals surface area (Å²) in [6.45, 7) is 2.62. The van der Waals surface area contributed by atoms with Crippen molar-refractivity contribution in [1.82, 2.24) is 5.32 Å². The predicted molar refractivity (Wildman–Crippen MR) is 67.9 cm³/mol. The van der Waals surface area contributed by atoms with Crippen molar-refractivity contribution in [3.05, 3.63) is 34.1 Å². The number of nitro benzene ring substituents is 1. The second-order valence-electron chi connectivity index (χ2n) is 4.92. The number of carbonyl (C=O) groups is 3. The third kappa shape index (κ3) is 2.22. The molecule has 1 aromatic rings. The first-order chi connectivity index (χ1) is 9.66. The van der Waals surface area contributed by atoms with Crippen molar-refractivity contribution >= 4 is 29.2 Å². The molecule has 0 spiro atoms. The number of nitrogens with zero attached hydrogens (tertiary/aromatic N) is 2. The molecule has 1 fully saturated rings. The Bertz CT molecular complexity index is 685. The fourth-order valence-corrected chi connectivity index (χ4v) is 1.80. The van der Waals surface area contributed by atoms with Gasteiger partial charge in [-0.3, -0.25) is 25.0 Å². The summed E-state index contributed by atoms with van der Waals surface area (Å²) in [7, 11) is 0. The van der Waals surface area contributed by atoms with Crippen LogP contribution in [-0.4, -0.2) is 22.8 Å². The van der Waals surface area contributed by atoms with Crippen LogP contribution in [0.15, 0.2) is 18.2 Å². The van der Waals surface area contributed by atoms with Gasteiger partial charge in [0.1, 0.15) is 5.41 Å². The first-order valence-corrected chi connectivity index (χ1v) is 5.80. The van der Waals surface area contributed by atoms with E-state index in [1.807, 2.05) is 5.32 Å². The minimum absolute atomic E-state index is 0.193. The second kappa shape index (κ2) is 4.62. The largest absolute Gasteiger partial charge is 0.335 e. The Balaban J connectivity index is 2.48. The topological polar surface area (TPSA) is 110 Å². The Morgan fingerprint density at radius 2 is 1.90 bits per heavy atom. The van der Waals surface area contributed by atoms with Crippen LogP contribution in [0.25, 0.3) is 0 Å². The number of rotatable bonds is 2. The molecule has 0 radical (unpaired) electrons. The van der Waals surface area contributed by atoms with E-state index >= 15 is 0 Å². The highest BCUT2D eigenvalue weighted by Gasteiger charge is 2.47. The number of carbonyl (C=O) groups excluding carboxylic acids is 3. The monoisotopic (exact) mass is 295 g/mol. The molecule has 4 amide bonds. The highest BCUT2D eigenvalue weighted by molar-refractivity contribution is 6.29. The second-order valence-corrected chi connectivity index (χ2v) is 4.92. The lowest BCUT2D eigenvalue weighted by molar-refractivity contribution is -0.387. The van der Waals surface area contributed by atoms with Crippen LogP contribution in [0.2, 0.25) is 0 Å². The van der Waals surface area contributed by atoms with Crippen molar-refractivity contribution in [2.75, 3.05) is 4.90 Å². The zero-order valence-corrected chi connectivity index (χ0v) is 11.0. The summed E-state index contributed by atoms with van der Waals surface area (Å²) >= 11 is 0. The number of halogens is 1. The number of hydrogen-bond acceptors (Lipinski definition) is 5. The van der Waals surface area contributed by atoms with Crippen molar-refractivity contribution in [3.63, 3.8) is 0 Å². The van der Waals surface area contributed by atoms with E-state index in [4.69, 9.17) is 0 Å². The van der Waals surface area contributed by atoms with Crippen LogP contribution in [0.5, 0.6) is 0 Å². The maximum absolute atomic E-state index is 13.6. The molecular weight excluding hydrogens is 285 g/mol. The molecule has 8 nitrogen and oxygen atoms in total. The number of nitro groups is 1. The first kappa shape index (κ1) is 14.6. The van der Waals surface area contributed by atoms with Gasteiger partial charge in [0.2, 0.25) is 17.6 Å². The van der Waals surface area contributed by atoms with Crippen LogP contribution >= 0.6 is 0 Å². The number of amides is 4. The van der Waals surface area contributed by atoms with Crippen LogP contribution in [0.4, 0.5) is 20.6 Å². The van der Waals surface area contributed by atoms with E-state index in [0.29, 0.717) is 11.0 Å². The summed E-state index contributed by atoms with van der Waals surface area (Å²) in [5.41, 5.74) is -2.48. The molecule has 2 rings (SSSR count). The Morgan fingerprint density at radius 1 is 1.29 bits per heavy atom. The predicted octanol–water partition coefficient (Wildman–Crippen LogP) is 1.34. The molecule has 0 saturated carbocycles. The van der Waals surface area contributed by atoms with Gasteiger partial charge in [0.25, 0.3) is 0 Å². The van der Waals surface area contributed by atoms with Crippen LogP contribution in [0, 0.1) is 21.3 Å². The zero-order chi connectivity index (χ0) is 15.9. The summed E-state index contributed by atoms with van der Waals surface area (Å²) in [5.74, 6) is -2.80. The molecule has 1 aromatic carbocycles. The van der Waals surface area contributed by atoms with Crippen molar-refractivity contribution < 1.29 is 23.7 Å². The number of anilines is 1. The summed E-state index contributed by atoms with van der Waals surface area (Å²) in [5, 5.41) is 12.5. The molecular formula is C12H10FN3O5. The van der Waals surface area contributed by atoms with Gasteiger partial charge in [-0.05, 0) is 19.9 Å². The average molecular weight is 295 g/mol. The maximum atomic E-state index is 13.6. The van der Waals surface area contributed by atoms with Crippen LogP contribution in [-0.2, 0) is 9.59 Å². The third-order valence-electron chi connectivity index (χ3n) is 3.12. The van der Waals surface area contributed by atoms with Crippen LogP contribution < -0.4 is 10.2 Å². The number of hydrogen-bond donors (Lipinski definition) is 1. The van der Waals surface area contributed by atoms with Gasteiger partial charge in [-0.25, -0.2) is 9.69 Å². The van der Waals surface area contributed by atoms with E-state index in [-0.39, 0.29) is 5.69 Å². The minimum Gasteiger partial charge on any atom is -0.276 e. The number of urea groups is 1. The van der Waals surface area contributed by atoms with E-state index in [0.717, 1.165) is 12.1 Å². The third-order valence-corrected chi connectivity index (χ3v) is 3.12. The average Bonchev–Trinajstić information content (AvgIpc) is 2.36. The molecule has 0 unspecified atom stereocenters. The number of nitrogens with one attached hydrogen (secondary N) is 1.